The number of carbonyl (C=O) groups excluding carboxylic acids is 1. The van der Waals surface area contributed by atoms with Gasteiger partial charge in [-0.2, -0.15) is 13.2 Å². The Kier molecular flexibility index (Phi) is 7.88. The summed E-state index contributed by atoms with van der Waals surface area (Å²) < 4.78 is 42.1. The number of benzene rings is 1. The summed E-state index contributed by atoms with van der Waals surface area (Å²) in [5.74, 6) is -2.70. The number of carboxylic acid groups (broad SMARTS) is 1. The van der Waals surface area contributed by atoms with Crippen LogP contribution in [-0.4, -0.2) is 69.9 Å². The molecule has 13 heteroatoms. The molecule has 1 fully saturated rings. The largest absolute Gasteiger partial charge is 0.542 e. The minimum absolute atomic E-state index is 0.307. The maximum atomic E-state index is 10.5. The van der Waals surface area contributed by atoms with Crippen LogP contribution in [0.15, 0.2) is 24.3 Å². The van der Waals surface area contributed by atoms with Gasteiger partial charge in [-0.15, -0.1) is 0 Å². The Hall–Kier alpha value is -2.50. The fourth-order valence-electron chi connectivity index (χ4n) is 1.89. The number of carboxylic acids is 1. The molecular weight excluding hydrogens is 381 g/mol. The van der Waals surface area contributed by atoms with Crippen LogP contribution in [0.5, 0.6) is 5.75 Å². The van der Waals surface area contributed by atoms with Crippen LogP contribution in [0.1, 0.15) is 0 Å². The zero-order valence-corrected chi connectivity index (χ0v) is 13.4. The first kappa shape index (κ1) is 22.5. The number of alkyl halides is 3. The molecule has 5 unspecified atom stereocenters. The van der Waals surface area contributed by atoms with E-state index in [0.717, 1.165) is 0 Å². The highest BCUT2D eigenvalue weighted by Crippen LogP contribution is 2.25. The minimum atomic E-state index is -5.19. The van der Waals surface area contributed by atoms with Gasteiger partial charge in [0.05, 0.1) is 6.61 Å². The van der Waals surface area contributed by atoms with Gasteiger partial charge in [0.1, 0.15) is 36.1 Å². The Labute approximate surface area is 149 Å². The zero-order chi connectivity index (χ0) is 20.8. The van der Waals surface area contributed by atoms with Crippen LogP contribution < -0.4 is 9.84 Å². The van der Waals surface area contributed by atoms with Crippen LogP contribution >= 0.6 is 0 Å². The standard InChI is InChI=1S/C12H15N2O6.C2HF3O2/c13-14-6-1-3-7(4-2-6)19-12-11(18)10(17)9(16)8(5-15)20-12;3-2(4,5)1(6)7/h1-4,8-12,15-18H,5H2;(H,6,7)/q+1;/p-1. The molecule has 1 aliphatic heterocycles. The fourth-order valence-corrected chi connectivity index (χ4v) is 1.89. The van der Waals surface area contributed by atoms with Gasteiger partial charge in [-0.25, -0.2) is 0 Å². The van der Waals surface area contributed by atoms with Gasteiger partial charge in [0.25, 0.3) is 0 Å². The summed E-state index contributed by atoms with van der Waals surface area (Å²) in [5.41, 5.74) is 0.325. The molecule has 10 nitrogen and oxygen atoms in total. The van der Waals surface area contributed by atoms with Crippen molar-refractivity contribution in [3.05, 3.63) is 29.2 Å². The number of hydrogen-bond donors (Lipinski definition) is 4. The Bertz CT molecular complexity index is 662. The minimum Gasteiger partial charge on any atom is -0.542 e. The lowest BCUT2D eigenvalue weighted by Gasteiger charge is -2.39. The third-order valence-corrected chi connectivity index (χ3v) is 3.28. The highest BCUT2D eigenvalue weighted by atomic mass is 19.4. The second kappa shape index (κ2) is 9.44. The highest BCUT2D eigenvalue weighted by molar-refractivity contribution is 5.70. The number of aliphatic carboxylic acids is 1. The lowest BCUT2D eigenvalue weighted by Crippen LogP contribution is -2.60. The van der Waals surface area contributed by atoms with Crippen LogP contribution in [0.2, 0.25) is 0 Å². The average molecular weight is 396 g/mol. The van der Waals surface area contributed by atoms with Crippen molar-refractivity contribution in [1.29, 1.82) is 5.39 Å². The number of nitrogens with zero attached hydrogens (tertiary/aromatic N) is 2. The van der Waals surface area contributed by atoms with E-state index in [1.807, 2.05) is 0 Å². The average Bonchev–Trinajstić information content (AvgIpc) is 2.62. The molecule has 1 aliphatic rings. The zero-order valence-electron chi connectivity index (χ0n) is 13.4. The highest BCUT2D eigenvalue weighted by Gasteiger charge is 2.44. The molecule has 150 valence electrons. The first-order valence-corrected chi connectivity index (χ1v) is 7.21. The number of aliphatic hydroxyl groups is 4. The molecule has 0 amide bonds. The Morgan fingerprint density at radius 3 is 2.11 bits per heavy atom. The molecule has 0 spiro atoms. The van der Waals surface area contributed by atoms with E-state index < -0.39 is 49.5 Å². The van der Waals surface area contributed by atoms with Crippen molar-refractivity contribution in [2.24, 2.45) is 0 Å². The van der Waals surface area contributed by atoms with E-state index in [4.69, 9.17) is 29.9 Å². The molecule has 1 saturated heterocycles. The molecule has 0 bridgehead atoms. The fraction of sp³-hybridized carbons (Fsp3) is 0.500. The normalized spacial score (nSPS) is 27.7. The second-order valence-corrected chi connectivity index (χ2v) is 5.19. The van der Waals surface area contributed by atoms with E-state index in [1.165, 1.54) is 24.3 Å². The summed E-state index contributed by atoms with van der Waals surface area (Å²) in [6, 6.07) is 5.91. The number of halogens is 3. The molecule has 1 aromatic rings. The third kappa shape index (κ3) is 6.31. The van der Waals surface area contributed by atoms with Crippen LogP contribution in [0, 0.1) is 5.39 Å². The van der Waals surface area contributed by atoms with Gasteiger partial charge in [-0.05, 0) is 12.1 Å². The molecule has 5 atom stereocenters. The van der Waals surface area contributed by atoms with E-state index >= 15 is 0 Å². The Balaban J connectivity index is 0.000000445. The molecule has 0 aromatic heterocycles. The van der Waals surface area contributed by atoms with Crippen LogP contribution in [0.4, 0.5) is 18.9 Å². The summed E-state index contributed by atoms with van der Waals surface area (Å²) in [7, 11) is 0. The number of diazo groups is 1. The van der Waals surface area contributed by atoms with E-state index in [-0.39, 0.29) is 0 Å². The van der Waals surface area contributed by atoms with Gasteiger partial charge in [-0.1, -0.05) is 0 Å². The molecule has 1 aromatic carbocycles. The van der Waals surface area contributed by atoms with Gasteiger partial charge in [0.2, 0.25) is 11.7 Å². The topological polar surface area (TPSA) is 168 Å². The monoisotopic (exact) mass is 396 g/mol. The van der Waals surface area contributed by atoms with Gasteiger partial charge in [0.15, 0.2) is 4.98 Å². The smallest absolute Gasteiger partial charge is 0.430 e. The molecule has 27 heavy (non-hydrogen) atoms. The number of aliphatic hydroxyl groups excluding tert-OH is 4. The van der Waals surface area contributed by atoms with Crippen molar-refractivity contribution in [2.45, 2.75) is 36.9 Å². The number of hydrogen-bond acceptors (Lipinski definition) is 9. The number of carbonyl (C=O) groups is 1. The lowest BCUT2D eigenvalue weighted by molar-refractivity contribution is -0.344. The summed E-state index contributed by atoms with van der Waals surface area (Å²) in [4.78, 5) is 11.8. The molecule has 4 N–H and O–H groups in total. The van der Waals surface area contributed by atoms with Gasteiger partial charge in [-0.3, -0.25) is 0 Å². The van der Waals surface area contributed by atoms with Crippen LogP contribution in [0.25, 0.3) is 4.98 Å². The first-order valence-electron chi connectivity index (χ1n) is 7.21. The quantitative estimate of drug-likeness (QED) is 0.451. The maximum absolute atomic E-state index is 10.5. The van der Waals surface area contributed by atoms with Crippen molar-refractivity contribution < 1.29 is 53.0 Å². The van der Waals surface area contributed by atoms with E-state index in [2.05, 4.69) is 4.98 Å². The SMILES string of the molecule is N#[N+]c1ccc(OC2OC(CO)C(O)C(O)C2O)cc1.O=C([O-])C(F)(F)F. The van der Waals surface area contributed by atoms with E-state index in [1.54, 1.807) is 0 Å². The van der Waals surface area contributed by atoms with Crippen molar-refractivity contribution in [1.82, 2.24) is 0 Å². The molecule has 0 radical (unpaired) electrons. The lowest BCUT2D eigenvalue weighted by atomic mass is 9.99. The summed E-state index contributed by atoms with van der Waals surface area (Å²) in [5, 5.41) is 55.4. The molecule has 1 heterocycles. The maximum Gasteiger partial charge on any atom is 0.430 e. The molecule has 0 aliphatic carbocycles. The van der Waals surface area contributed by atoms with Crippen molar-refractivity contribution in [2.75, 3.05) is 6.61 Å². The molecule has 2 rings (SSSR count). The van der Waals surface area contributed by atoms with Gasteiger partial charge >= 0.3 is 11.9 Å². The predicted octanol–water partition coefficient (Wildman–Crippen LogP) is -1.35. The van der Waals surface area contributed by atoms with Gasteiger partial charge in [0, 0.05) is 12.1 Å². The van der Waals surface area contributed by atoms with Crippen molar-refractivity contribution in [3.63, 3.8) is 0 Å². The van der Waals surface area contributed by atoms with Crippen molar-refractivity contribution in [3.8, 4) is 5.75 Å². The Morgan fingerprint density at radius 2 is 1.70 bits per heavy atom. The van der Waals surface area contributed by atoms with Crippen LogP contribution in [0.3, 0.4) is 0 Å². The van der Waals surface area contributed by atoms with E-state index in [9.17, 15) is 28.5 Å². The number of ether oxygens (including phenoxy) is 2. The van der Waals surface area contributed by atoms with Gasteiger partial charge < -0.3 is 39.8 Å². The first-order chi connectivity index (χ1) is 12.5. The molecular formula is C14H15F3N2O8. The third-order valence-electron chi connectivity index (χ3n) is 3.28. The summed E-state index contributed by atoms with van der Waals surface area (Å²) in [6.07, 6.45) is -11.8. The molecule has 0 saturated carbocycles. The van der Waals surface area contributed by atoms with E-state index in [0.29, 0.717) is 11.4 Å². The second-order valence-electron chi connectivity index (χ2n) is 5.19. The summed E-state index contributed by atoms with van der Waals surface area (Å²) >= 11 is 0. The Morgan fingerprint density at radius 1 is 1.19 bits per heavy atom. The van der Waals surface area contributed by atoms with Crippen molar-refractivity contribution >= 4 is 11.7 Å². The van der Waals surface area contributed by atoms with Crippen LogP contribution in [-0.2, 0) is 9.53 Å². The summed E-state index contributed by atoms with van der Waals surface area (Å²) in [6.45, 7) is -0.521. The predicted molar refractivity (Wildman–Crippen MR) is 76.6 cm³/mol. The number of rotatable bonds is 3.